The van der Waals surface area contributed by atoms with E-state index >= 15 is 0 Å². The van der Waals surface area contributed by atoms with E-state index in [0.717, 1.165) is 24.8 Å². The Morgan fingerprint density at radius 2 is 1.93 bits per heavy atom. The van der Waals surface area contributed by atoms with Crippen LogP contribution in [0, 0.1) is 6.92 Å². The number of carbonyl (C=O) groups excluding carboxylic acids is 1. The van der Waals surface area contributed by atoms with Crippen LogP contribution in [-0.2, 0) is 23.7 Å². The van der Waals surface area contributed by atoms with Crippen molar-refractivity contribution in [2.75, 3.05) is 20.8 Å². The number of carbonyl (C=O) groups is 1. The molecule has 0 bridgehead atoms. The highest BCUT2D eigenvalue weighted by atomic mass is 16.7. The van der Waals surface area contributed by atoms with Gasteiger partial charge in [0.2, 0.25) is 0 Å². The van der Waals surface area contributed by atoms with Gasteiger partial charge in [-0.15, -0.1) is 5.10 Å². The van der Waals surface area contributed by atoms with Gasteiger partial charge >= 0.3 is 0 Å². The van der Waals surface area contributed by atoms with Gasteiger partial charge in [0.25, 0.3) is 6.47 Å². The second-order valence-electron chi connectivity index (χ2n) is 6.64. The zero-order valence-electron chi connectivity index (χ0n) is 17.2. The molecule has 0 spiro atoms. The van der Waals surface area contributed by atoms with E-state index in [1.807, 2.05) is 48.1 Å². The van der Waals surface area contributed by atoms with E-state index < -0.39 is 0 Å². The first-order valence-corrected chi connectivity index (χ1v) is 9.39. The number of hydrogen-bond acceptors (Lipinski definition) is 8. The summed E-state index contributed by atoms with van der Waals surface area (Å²) < 4.78 is 23.9. The number of methoxy groups -OCH3 is 1. The van der Waals surface area contributed by atoms with Gasteiger partial charge in [0.05, 0.1) is 31.6 Å². The minimum Gasteiger partial charge on any atom is -0.471 e. The number of nitrogens with zero attached hydrogens (tertiary/aromatic N) is 3. The molecule has 160 valence electrons. The minimum atomic E-state index is -0.360. The van der Waals surface area contributed by atoms with Gasteiger partial charge in [-0.3, -0.25) is 4.79 Å². The first kappa shape index (κ1) is 23.0. The summed E-state index contributed by atoms with van der Waals surface area (Å²) in [6.07, 6.45) is 2.44. The largest absolute Gasteiger partial charge is 0.471 e. The quantitative estimate of drug-likeness (QED) is 0.768. The van der Waals surface area contributed by atoms with E-state index in [-0.39, 0.29) is 30.6 Å². The predicted octanol–water partition coefficient (Wildman–Crippen LogP) is 1.82. The summed E-state index contributed by atoms with van der Waals surface area (Å²) in [6.45, 7) is 4.93. The maximum absolute atomic E-state index is 8.95. The van der Waals surface area contributed by atoms with Crippen LogP contribution < -0.4 is 0 Å². The number of benzene rings is 1. The zero-order chi connectivity index (χ0) is 21.2. The summed E-state index contributed by atoms with van der Waals surface area (Å²) in [5.74, 6) is 0. The van der Waals surface area contributed by atoms with Crippen molar-refractivity contribution in [2.24, 2.45) is 0 Å². The molecule has 5 atom stereocenters. The van der Waals surface area contributed by atoms with Crippen molar-refractivity contribution in [1.82, 2.24) is 15.0 Å². The van der Waals surface area contributed by atoms with Gasteiger partial charge in [0.15, 0.2) is 6.29 Å². The monoisotopic (exact) mass is 407 g/mol. The van der Waals surface area contributed by atoms with E-state index in [1.54, 1.807) is 0 Å². The second-order valence-corrected chi connectivity index (χ2v) is 6.64. The molecule has 0 amide bonds. The van der Waals surface area contributed by atoms with E-state index in [1.165, 1.54) is 7.11 Å². The number of aryl methyl sites for hydroxylation is 1. The van der Waals surface area contributed by atoms with Crippen LogP contribution in [-0.4, -0.2) is 65.7 Å². The fraction of sp³-hybridized carbons (Fsp3) is 0.550. The smallest absolute Gasteiger partial charge is 0.292 e. The van der Waals surface area contributed by atoms with E-state index in [0.29, 0.717) is 13.1 Å². The van der Waals surface area contributed by atoms with Crippen molar-refractivity contribution in [2.45, 2.75) is 50.9 Å². The Hall–Kier alpha value is -2.33. The Labute approximate surface area is 170 Å². The fourth-order valence-corrected chi connectivity index (χ4v) is 3.40. The summed E-state index contributed by atoms with van der Waals surface area (Å²) in [5.41, 5.74) is 1.94. The van der Waals surface area contributed by atoms with Crippen LogP contribution in [0.5, 0.6) is 0 Å². The maximum atomic E-state index is 8.95. The van der Waals surface area contributed by atoms with E-state index in [4.69, 9.17) is 24.1 Å². The Balaban J connectivity index is 0.000000449. The van der Waals surface area contributed by atoms with Crippen molar-refractivity contribution in [3.8, 4) is 0 Å². The molecule has 0 aliphatic carbocycles. The van der Waals surface area contributed by atoms with Gasteiger partial charge < -0.3 is 24.1 Å². The SMILES string of the molecule is CO.COC=O.Cc1cn(C2CC(C)OC3COC(c4ccccc4)OC32)nn1. The van der Waals surface area contributed by atoms with Crippen molar-refractivity contribution in [1.29, 1.82) is 0 Å². The number of aromatic nitrogens is 3. The predicted molar refractivity (Wildman–Crippen MR) is 104 cm³/mol. The second kappa shape index (κ2) is 11.6. The molecule has 9 nitrogen and oxygen atoms in total. The van der Waals surface area contributed by atoms with Crippen LogP contribution >= 0.6 is 0 Å². The van der Waals surface area contributed by atoms with Crippen LogP contribution in [0.3, 0.4) is 0 Å². The number of aliphatic hydroxyl groups excluding tert-OH is 1. The van der Waals surface area contributed by atoms with Gasteiger partial charge in [0, 0.05) is 18.9 Å². The number of hydrogen-bond donors (Lipinski definition) is 1. The van der Waals surface area contributed by atoms with Crippen LogP contribution in [0.15, 0.2) is 36.5 Å². The Kier molecular flexibility index (Phi) is 9.20. The topological polar surface area (TPSA) is 105 Å². The van der Waals surface area contributed by atoms with E-state index in [2.05, 4.69) is 22.0 Å². The molecule has 4 rings (SSSR count). The van der Waals surface area contributed by atoms with Crippen molar-refractivity contribution < 1.29 is 28.8 Å². The lowest BCUT2D eigenvalue weighted by atomic mass is 9.95. The molecule has 29 heavy (non-hydrogen) atoms. The average molecular weight is 407 g/mol. The van der Waals surface area contributed by atoms with Crippen molar-refractivity contribution >= 4 is 6.47 Å². The molecule has 5 unspecified atom stereocenters. The molecule has 1 aromatic carbocycles. The zero-order valence-corrected chi connectivity index (χ0v) is 17.2. The molecule has 2 aromatic rings. The summed E-state index contributed by atoms with van der Waals surface area (Å²) in [6, 6.07) is 10.1. The normalized spacial score (nSPS) is 28.0. The molecule has 9 heteroatoms. The van der Waals surface area contributed by atoms with Crippen LogP contribution in [0.25, 0.3) is 0 Å². The Morgan fingerprint density at radius 3 is 2.52 bits per heavy atom. The van der Waals surface area contributed by atoms with Gasteiger partial charge in [-0.05, 0) is 20.3 Å². The average Bonchev–Trinajstić information content (AvgIpc) is 3.21. The number of ether oxygens (including phenoxy) is 4. The molecule has 0 saturated carbocycles. The van der Waals surface area contributed by atoms with Crippen molar-refractivity contribution in [3.05, 3.63) is 47.8 Å². The third kappa shape index (κ3) is 6.07. The Morgan fingerprint density at radius 1 is 1.24 bits per heavy atom. The van der Waals surface area contributed by atoms with Gasteiger partial charge in [-0.1, -0.05) is 35.5 Å². The lowest BCUT2D eigenvalue weighted by Crippen LogP contribution is -2.52. The molecule has 2 aliphatic rings. The molecule has 1 aromatic heterocycles. The molecule has 2 aliphatic heterocycles. The van der Waals surface area contributed by atoms with Crippen molar-refractivity contribution in [3.63, 3.8) is 0 Å². The number of fused-ring (bicyclic) bond motifs is 1. The van der Waals surface area contributed by atoms with Gasteiger partial charge in [-0.2, -0.15) is 0 Å². The number of aliphatic hydroxyl groups is 1. The van der Waals surface area contributed by atoms with Gasteiger partial charge in [-0.25, -0.2) is 4.68 Å². The van der Waals surface area contributed by atoms with Gasteiger partial charge in [0.1, 0.15) is 12.2 Å². The lowest BCUT2D eigenvalue weighted by Gasteiger charge is -2.45. The first-order chi connectivity index (χ1) is 14.1. The molecular formula is C20H29N3O6. The Bertz CT molecular complexity index is 726. The highest BCUT2D eigenvalue weighted by Crippen LogP contribution is 2.38. The first-order valence-electron chi connectivity index (χ1n) is 9.39. The summed E-state index contributed by atoms with van der Waals surface area (Å²) >= 11 is 0. The third-order valence-corrected chi connectivity index (χ3v) is 4.55. The molecular weight excluding hydrogens is 378 g/mol. The third-order valence-electron chi connectivity index (χ3n) is 4.55. The standard InChI is InChI=1S/C17H21N3O3.C2H4O2.CH4O/c1-11-9-20(19-18-11)14-8-12(2)22-15-10-21-17(23-16(14)15)13-6-4-3-5-7-13;1-4-2-3;1-2/h3-7,9,12,14-17H,8,10H2,1-2H3;2H,1H3;2H,1H3. The molecule has 2 saturated heterocycles. The number of rotatable bonds is 3. The van der Waals surface area contributed by atoms with E-state index in [9.17, 15) is 0 Å². The molecule has 1 N–H and O–H groups in total. The summed E-state index contributed by atoms with van der Waals surface area (Å²) in [5, 5.41) is 15.4. The molecule has 3 heterocycles. The highest BCUT2D eigenvalue weighted by Gasteiger charge is 2.44. The molecule has 0 radical (unpaired) electrons. The maximum Gasteiger partial charge on any atom is 0.292 e. The van der Waals surface area contributed by atoms with Crippen LogP contribution in [0.2, 0.25) is 0 Å². The van der Waals surface area contributed by atoms with Crippen LogP contribution in [0.1, 0.15) is 36.9 Å². The lowest BCUT2D eigenvalue weighted by molar-refractivity contribution is -0.298. The highest BCUT2D eigenvalue weighted by molar-refractivity contribution is 5.36. The summed E-state index contributed by atoms with van der Waals surface area (Å²) in [4.78, 5) is 8.95. The molecule has 2 fully saturated rings. The summed E-state index contributed by atoms with van der Waals surface area (Å²) in [7, 11) is 2.31. The minimum absolute atomic E-state index is 0.0757. The fourth-order valence-electron chi connectivity index (χ4n) is 3.40. The van der Waals surface area contributed by atoms with Crippen LogP contribution in [0.4, 0.5) is 0 Å².